The second kappa shape index (κ2) is 7.25. The van der Waals surface area contributed by atoms with Gasteiger partial charge in [0.25, 0.3) is 0 Å². The zero-order chi connectivity index (χ0) is 16.2. The van der Waals surface area contributed by atoms with Crippen LogP contribution >= 0.6 is 11.3 Å². The molecular formula is C17H23N3O2S. The fraction of sp³-hybridized carbons (Fsp3) is 0.588. The topological polar surface area (TPSA) is 59.2 Å². The summed E-state index contributed by atoms with van der Waals surface area (Å²) < 4.78 is 5.23. The van der Waals surface area contributed by atoms with E-state index in [0.29, 0.717) is 18.7 Å². The van der Waals surface area contributed by atoms with Crippen molar-refractivity contribution in [3.63, 3.8) is 0 Å². The van der Waals surface area contributed by atoms with E-state index in [1.54, 1.807) is 11.3 Å². The summed E-state index contributed by atoms with van der Waals surface area (Å²) in [4.78, 5) is 18.9. The van der Waals surface area contributed by atoms with Gasteiger partial charge >= 0.3 is 0 Å². The minimum atomic E-state index is 0.238. The first kappa shape index (κ1) is 16.2. The Morgan fingerprint density at radius 3 is 3.09 bits per heavy atom. The van der Waals surface area contributed by atoms with Crippen molar-refractivity contribution in [2.45, 2.75) is 57.9 Å². The Balaban J connectivity index is 1.50. The summed E-state index contributed by atoms with van der Waals surface area (Å²) in [5.41, 5.74) is 1.28. The Labute approximate surface area is 140 Å². The number of hydrogen-bond acceptors (Lipinski definition) is 5. The summed E-state index contributed by atoms with van der Waals surface area (Å²) in [6.45, 7) is 4.95. The molecule has 0 saturated carbocycles. The highest BCUT2D eigenvalue weighted by Gasteiger charge is 2.29. The lowest BCUT2D eigenvalue weighted by Crippen LogP contribution is -2.30. The van der Waals surface area contributed by atoms with E-state index in [1.165, 1.54) is 5.56 Å². The zero-order valence-corrected chi connectivity index (χ0v) is 14.5. The zero-order valence-electron chi connectivity index (χ0n) is 13.7. The van der Waals surface area contributed by atoms with Gasteiger partial charge in [0.1, 0.15) is 0 Å². The van der Waals surface area contributed by atoms with Gasteiger partial charge in [-0.3, -0.25) is 4.79 Å². The van der Waals surface area contributed by atoms with Crippen LogP contribution in [0.5, 0.6) is 0 Å². The summed E-state index contributed by atoms with van der Waals surface area (Å²) in [7, 11) is 0. The molecule has 1 fully saturated rings. The molecule has 1 aliphatic heterocycles. The molecular weight excluding hydrogens is 310 g/mol. The lowest BCUT2D eigenvalue weighted by atomic mass is 10.1. The van der Waals surface area contributed by atoms with Gasteiger partial charge in [0.2, 0.25) is 11.8 Å². The average molecular weight is 333 g/mol. The Kier molecular flexibility index (Phi) is 5.10. The van der Waals surface area contributed by atoms with Gasteiger partial charge in [0, 0.05) is 25.3 Å². The van der Waals surface area contributed by atoms with Crippen molar-refractivity contribution in [1.82, 2.24) is 15.0 Å². The van der Waals surface area contributed by atoms with Crippen molar-refractivity contribution in [1.29, 1.82) is 0 Å². The molecule has 1 unspecified atom stereocenters. The average Bonchev–Trinajstić information content (AvgIpc) is 3.27. The molecule has 1 aliphatic rings. The lowest BCUT2D eigenvalue weighted by molar-refractivity contribution is -0.132. The van der Waals surface area contributed by atoms with Gasteiger partial charge in [-0.05, 0) is 41.7 Å². The second-order valence-electron chi connectivity index (χ2n) is 6.36. The van der Waals surface area contributed by atoms with Crippen LogP contribution < -0.4 is 0 Å². The van der Waals surface area contributed by atoms with Crippen LogP contribution in [0.15, 0.2) is 21.3 Å². The number of likely N-dealkylation sites (tertiary alicyclic amines) is 1. The Hall–Kier alpha value is -1.69. The first-order valence-corrected chi connectivity index (χ1v) is 9.23. The largest absolute Gasteiger partial charge is 0.339 e. The van der Waals surface area contributed by atoms with E-state index in [9.17, 15) is 4.79 Å². The molecule has 0 aliphatic carbocycles. The number of carbonyl (C=O) groups excluding carboxylic acids is 1. The minimum absolute atomic E-state index is 0.238. The molecule has 2 aromatic rings. The Bertz CT molecular complexity index is 636. The molecule has 3 heterocycles. The monoisotopic (exact) mass is 333 g/mol. The number of amides is 1. The van der Waals surface area contributed by atoms with E-state index in [2.05, 4.69) is 27.0 Å². The second-order valence-corrected chi connectivity index (χ2v) is 7.14. The maximum atomic E-state index is 12.5. The number of nitrogens with zero attached hydrogens (tertiary/aromatic N) is 3. The highest BCUT2D eigenvalue weighted by Crippen LogP contribution is 2.33. The number of rotatable bonds is 6. The standard InChI is InChI=1S/C17H23N3O2S/c1-12(2)17-18-15(22-19-17)6-3-7-16(21)20-9-4-5-14(20)13-8-10-23-11-13/h8,10-12,14H,3-7,9H2,1-2H3. The van der Waals surface area contributed by atoms with Gasteiger partial charge < -0.3 is 9.42 Å². The van der Waals surface area contributed by atoms with Crippen LogP contribution in [0.25, 0.3) is 0 Å². The predicted octanol–water partition coefficient (Wildman–Crippen LogP) is 3.94. The molecule has 1 atom stereocenters. The molecule has 1 saturated heterocycles. The lowest BCUT2D eigenvalue weighted by Gasteiger charge is -2.24. The fourth-order valence-corrected chi connectivity index (χ4v) is 3.72. The van der Waals surface area contributed by atoms with E-state index >= 15 is 0 Å². The van der Waals surface area contributed by atoms with Crippen LogP contribution in [0.2, 0.25) is 0 Å². The molecule has 23 heavy (non-hydrogen) atoms. The van der Waals surface area contributed by atoms with Crippen LogP contribution in [0, 0.1) is 0 Å². The molecule has 124 valence electrons. The predicted molar refractivity (Wildman–Crippen MR) is 89.3 cm³/mol. The van der Waals surface area contributed by atoms with E-state index in [-0.39, 0.29) is 17.9 Å². The third kappa shape index (κ3) is 3.80. The SMILES string of the molecule is CC(C)c1noc(CCCC(=O)N2CCCC2c2ccsc2)n1. The van der Waals surface area contributed by atoms with Gasteiger partial charge in [0.05, 0.1) is 6.04 Å². The number of carbonyl (C=O) groups is 1. The number of aromatic nitrogens is 2. The Morgan fingerprint density at radius 1 is 1.52 bits per heavy atom. The van der Waals surface area contributed by atoms with Gasteiger partial charge in [-0.1, -0.05) is 19.0 Å². The summed E-state index contributed by atoms with van der Waals surface area (Å²) in [5, 5.41) is 8.19. The van der Waals surface area contributed by atoms with Crippen LogP contribution in [-0.2, 0) is 11.2 Å². The summed E-state index contributed by atoms with van der Waals surface area (Å²) in [5.74, 6) is 1.88. The van der Waals surface area contributed by atoms with Gasteiger partial charge in [-0.2, -0.15) is 16.3 Å². The van der Waals surface area contributed by atoms with Gasteiger partial charge in [0.15, 0.2) is 5.82 Å². The summed E-state index contributed by atoms with van der Waals surface area (Å²) >= 11 is 1.69. The highest BCUT2D eigenvalue weighted by molar-refractivity contribution is 7.07. The number of thiophene rings is 1. The smallest absolute Gasteiger partial charge is 0.226 e. The van der Waals surface area contributed by atoms with E-state index in [4.69, 9.17) is 4.52 Å². The van der Waals surface area contributed by atoms with Crippen LogP contribution in [0.1, 0.15) is 68.8 Å². The van der Waals surface area contributed by atoms with Crippen molar-refractivity contribution in [2.24, 2.45) is 0 Å². The number of aryl methyl sites for hydroxylation is 1. The summed E-state index contributed by atoms with van der Waals surface area (Å²) in [6.07, 6.45) is 4.13. The maximum Gasteiger partial charge on any atom is 0.226 e. The molecule has 0 N–H and O–H groups in total. The van der Waals surface area contributed by atoms with Gasteiger partial charge in [-0.15, -0.1) is 0 Å². The highest BCUT2D eigenvalue weighted by atomic mass is 32.1. The van der Waals surface area contributed by atoms with Gasteiger partial charge in [-0.25, -0.2) is 0 Å². The van der Waals surface area contributed by atoms with E-state index < -0.39 is 0 Å². The molecule has 2 aromatic heterocycles. The Morgan fingerprint density at radius 2 is 2.39 bits per heavy atom. The van der Waals surface area contributed by atoms with Crippen LogP contribution in [0.4, 0.5) is 0 Å². The van der Waals surface area contributed by atoms with Crippen LogP contribution in [-0.4, -0.2) is 27.5 Å². The van der Waals surface area contributed by atoms with Crippen LogP contribution in [0.3, 0.4) is 0 Å². The molecule has 3 rings (SSSR count). The van der Waals surface area contributed by atoms with Crippen molar-refractivity contribution < 1.29 is 9.32 Å². The normalized spacial score (nSPS) is 18.0. The van der Waals surface area contributed by atoms with Crippen molar-refractivity contribution >= 4 is 17.2 Å². The molecule has 1 amide bonds. The third-order valence-corrected chi connectivity index (χ3v) is 4.98. The molecule has 5 nitrogen and oxygen atoms in total. The maximum absolute atomic E-state index is 12.5. The minimum Gasteiger partial charge on any atom is -0.339 e. The van der Waals surface area contributed by atoms with Crippen molar-refractivity contribution in [3.8, 4) is 0 Å². The molecule has 6 heteroatoms. The number of hydrogen-bond donors (Lipinski definition) is 0. The molecule has 0 spiro atoms. The molecule has 0 radical (unpaired) electrons. The van der Waals surface area contributed by atoms with Crippen molar-refractivity contribution in [2.75, 3.05) is 6.54 Å². The molecule has 0 aromatic carbocycles. The first-order valence-electron chi connectivity index (χ1n) is 8.29. The third-order valence-electron chi connectivity index (χ3n) is 4.28. The first-order chi connectivity index (χ1) is 11.1. The van der Waals surface area contributed by atoms with E-state index in [0.717, 1.165) is 31.6 Å². The quantitative estimate of drug-likeness (QED) is 0.803. The summed E-state index contributed by atoms with van der Waals surface area (Å²) in [6, 6.07) is 2.40. The van der Waals surface area contributed by atoms with E-state index in [1.807, 2.05) is 18.7 Å². The molecule has 0 bridgehead atoms. The van der Waals surface area contributed by atoms with Crippen molar-refractivity contribution in [3.05, 3.63) is 34.1 Å². The fourth-order valence-electron chi connectivity index (χ4n) is 3.01.